The van der Waals surface area contributed by atoms with Crippen LogP contribution in [0.3, 0.4) is 0 Å². The third kappa shape index (κ3) is 1.90. The van der Waals surface area contributed by atoms with E-state index in [1.54, 1.807) is 0 Å². The largest absolute Gasteiger partial charge is 0.457 e. The summed E-state index contributed by atoms with van der Waals surface area (Å²) in [5.41, 5.74) is 1.95. The SMILES string of the molecule is CC1Cc2cc(Oc3ccccc3)ccc2C1=O. The molecule has 0 amide bonds. The minimum atomic E-state index is 0.104. The average Bonchev–Trinajstić information content (AvgIpc) is 2.66. The van der Waals surface area contributed by atoms with E-state index in [2.05, 4.69) is 0 Å². The molecule has 2 heteroatoms. The molecule has 3 rings (SSSR count). The van der Waals surface area contributed by atoms with Gasteiger partial charge in [-0.05, 0) is 42.3 Å². The molecule has 2 aromatic rings. The second-order valence-corrected chi connectivity index (χ2v) is 4.70. The molecule has 0 saturated carbocycles. The summed E-state index contributed by atoms with van der Waals surface area (Å²) >= 11 is 0. The molecule has 90 valence electrons. The first-order valence-electron chi connectivity index (χ1n) is 6.14. The second-order valence-electron chi connectivity index (χ2n) is 4.70. The first kappa shape index (κ1) is 11.0. The van der Waals surface area contributed by atoms with Gasteiger partial charge in [-0.2, -0.15) is 0 Å². The Morgan fingerprint density at radius 1 is 1.06 bits per heavy atom. The number of carbonyl (C=O) groups excluding carboxylic acids is 1. The first-order chi connectivity index (χ1) is 8.74. The van der Waals surface area contributed by atoms with Crippen molar-refractivity contribution in [3.63, 3.8) is 0 Å². The molecule has 1 aliphatic carbocycles. The molecule has 0 radical (unpaired) electrons. The number of para-hydroxylation sites is 1. The summed E-state index contributed by atoms with van der Waals surface area (Å²) in [5, 5.41) is 0. The van der Waals surface area contributed by atoms with Crippen molar-refractivity contribution in [2.24, 2.45) is 5.92 Å². The predicted molar refractivity (Wildman–Crippen MR) is 70.2 cm³/mol. The third-order valence-electron chi connectivity index (χ3n) is 3.29. The fraction of sp³-hybridized carbons (Fsp3) is 0.188. The van der Waals surface area contributed by atoms with Gasteiger partial charge in [-0.3, -0.25) is 4.79 Å². The minimum Gasteiger partial charge on any atom is -0.457 e. The zero-order chi connectivity index (χ0) is 12.5. The van der Waals surface area contributed by atoms with Crippen LogP contribution in [0.4, 0.5) is 0 Å². The molecule has 0 saturated heterocycles. The number of hydrogen-bond donors (Lipinski definition) is 0. The highest BCUT2D eigenvalue weighted by Gasteiger charge is 2.26. The van der Waals surface area contributed by atoms with E-state index in [1.165, 1.54) is 0 Å². The molecule has 1 unspecified atom stereocenters. The van der Waals surface area contributed by atoms with Gasteiger partial charge in [0.1, 0.15) is 11.5 Å². The van der Waals surface area contributed by atoms with Gasteiger partial charge in [0.2, 0.25) is 0 Å². The van der Waals surface area contributed by atoms with Crippen molar-refractivity contribution in [1.29, 1.82) is 0 Å². The normalized spacial score (nSPS) is 17.6. The Morgan fingerprint density at radius 3 is 2.61 bits per heavy atom. The van der Waals surface area contributed by atoms with Crippen LogP contribution in [0.1, 0.15) is 22.8 Å². The molecular formula is C16H14O2. The fourth-order valence-corrected chi connectivity index (χ4v) is 2.36. The number of hydrogen-bond acceptors (Lipinski definition) is 2. The Labute approximate surface area is 106 Å². The summed E-state index contributed by atoms with van der Waals surface area (Å²) in [6.45, 7) is 1.97. The van der Waals surface area contributed by atoms with Gasteiger partial charge in [-0.25, -0.2) is 0 Å². The van der Waals surface area contributed by atoms with Crippen molar-refractivity contribution >= 4 is 5.78 Å². The summed E-state index contributed by atoms with van der Waals surface area (Å²) in [4.78, 5) is 11.8. The van der Waals surface area contributed by atoms with E-state index in [0.29, 0.717) is 0 Å². The Kier molecular flexibility index (Phi) is 2.63. The smallest absolute Gasteiger partial charge is 0.166 e. The average molecular weight is 238 g/mol. The lowest BCUT2D eigenvalue weighted by molar-refractivity contribution is 0.0946. The maximum atomic E-state index is 11.8. The zero-order valence-electron chi connectivity index (χ0n) is 10.2. The van der Waals surface area contributed by atoms with Gasteiger partial charge in [0.15, 0.2) is 5.78 Å². The molecule has 0 fully saturated rings. The lowest BCUT2D eigenvalue weighted by Crippen LogP contribution is -2.02. The van der Waals surface area contributed by atoms with E-state index >= 15 is 0 Å². The predicted octanol–water partition coefficient (Wildman–Crippen LogP) is 3.85. The molecule has 2 nitrogen and oxygen atoms in total. The fourth-order valence-electron chi connectivity index (χ4n) is 2.36. The van der Waals surface area contributed by atoms with Crippen LogP contribution in [-0.2, 0) is 6.42 Å². The lowest BCUT2D eigenvalue weighted by atomic mass is 10.1. The maximum absolute atomic E-state index is 11.8. The summed E-state index contributed by atoms with van der Waals surface area (Å²) in [6, 6.07) is 15.4. The number of ether oxygens (including phenoxy) is 1. The minimum absolute atomic E-state index is 0.104. The van der Waals surface area contributed by atoms with Gasteiger partial charge in [-0.1, -0.05) is 25.1 Å². The van der Waals surface area contributed by atoms with E-state index in [4.69, 9.17) is 4.74 Å². The van der Waals surface area contributed by atoms with Gasteiger partial charge in [-0.15, -0.1) is 0 Å². The molecule has 0 aliphatic heterocycles. The van der Waals surface area contributed by atoms with Gasteiger partial charge in [0.05, 0.1) is 0 Å². The van der Waals surface area contributed by atoms with Crippen LogP contribution in [0.2, 0.25) is 0 Å². The summed E-state index contributed by atoms with van der Waals surface area (Å²) in [6.07, 6.45) is 0.820. The Hall–Kier alpha value is -2.09. The van der Waals surface area contributed by atoms with Gasteiger partial charge in [0, 0.05) is 11.5 Å². The molecule has 18 heavy (non-hydrogen) atoms. The third-order valence-corrected chi connectivity index (χ3v) is 3.29. The summed E-state index contributed by atoms with van der Waals surface area (Å²) < 4.78 is 5.76. The molecule has 0 N–H and O–H groups in total. The first-order valence-corrected chi connectivity index (χ1v) is 6.14. The maximum Gasteiger partial charge on any atom is 0.166 e. The monoisotopic (exact) mass is 238 g/mol. The number of Topliss-reactive ketones (excluding diaryl/α,β-unsaturated/α-hetero) is 1. The zero-order valence-corrected chi connectivity index (χ0v) is 10.2. The van der Waals surface area contributed by atoms with E-state index < -0.39 is 0 Å². The molecule has 2 aromatic carbocycles. The topological polar surface area (TPSA) is 26.3 Å². The van der Waals surface area contributed by atoms with E-state index in [0.717, 1.165) is 29.0 Å². The highest BCUT2D eigenvalue weighted by Crippen LogP contribution is 2.31. The summed E-state index contributed by atoms with van der Waals surface area (Å²) in [5.74, 6) is 1.96. The Bertz CT molecular complexity index is 587. The van der Waals surface area contributed by atoms with Crippen molar-refractivity contribution in [1.82, 2.24) is 0 Å². The van der Waals surface area contributed by atoms with Gasteiger partial charge >= 0.3 is 0 Å². The number of benzene rings is 2. The summed E-state index contributed by atoms with van der Waals surface area (Å²) in [7, 11) is 0. The van der Waals surface area contributed by atoms with Crippen molar-refractivity contribution in [3.8, 4) is 11.5 Å². The number of rotatable bonds is 2. The van der Waals surface area contributed by atoms with E-state index in [9.17, 15) is 4.79 Å². The standard InChI is InChI=1S/C16H14O2/c1-11-9-12-10-14(7-8-15(12)16(11)17)18-13-5-3-2-4-6-13/h2-8,10-11H,9H2,1H3. The lowest BCUT2D eigenvalue weighted by Gasteiger charge is -2.06. The molecule has 0 aromatic heterocycles. The van der Waals surface area contributed by atoms with E-state index in [-0.39, 0.29) is 11.7 Å². The van der Waals surface area contributed by atoms with Crippen molar-refractivity contribution in [2.75, 3.05) is 0 Å². The Morgan fingerprint density at radius 2 is 1.83 bits per heavy atom. The second kappa shape index (κ2) is 4.30. The van der Waals surface area contributed by atoms with Crippen molar-refractivity contribution in [2.45, 2.75) is 13.3 Å². The van der Waals surface area contributed by atoms with Crippen LogP contribution in [0.5, 0.6) is 11.5 Å². The van der Waals surface area contributed by atoms with Crippen LogP contribution in [0, 0.1) is 5.92 Å². The van der Waals surface area contributed by atoms with Crippen molar-refractivity contribution < 1.29 is 9.53 Å². The van der Waals surface area contributed by atoms with Gasteiger partial charge < -0.3 is 4.74 Å². The highest BCUT2D eigenvalue weighted by molar-refractivity contribution is 6.02. The van der Waals surface area contributed by atoms with Crippen LogP contribution in [0.25, 0.3) is 0 Å². The Balaban J connectivity index is 1.88. The number of carbonyl (C=O) groups is 1. The van der Waals surface area contributed by atoms with Crippen molar-refractivity contribution in [3.05, 3.63) is 59.7 Å². The van der Waals surface area contributed by atoms with Crippen LogP contribution >= 0.6 is 0 Å². The molecule has 0 heterocycles. The van der Waals surface area contributed by atoms with E-state index in [1.807, 2.05) is 55.5 Å². The molecule has 0 bridgehead atoms. The molecule has 1 aliphatic rings. The van der Waals surface area contributed by atoms with Crippen LogP contribution < -0.4 is 4.74 Å². The van der Waals surface area contributed by atoms with Crippen LogP contribution in [-0.4, -0.2) is 5.78 Å². The number of fused-ring (bicyclic) bond motifs is 1. The highest BCUT2D eigenvalue weighted by atomic mass is 16.5. The number of ketones is 1. The van der Waals surface area contributed by atoms with Crippen LogP contribution in [0.15, 0.2) is 48.5 Å². The molecule has 0 spiro atoms. The quantitative estimate of drug-likeness (QED) is 0.794. The molecule has 1 atom stereocenters. The van der Waals surface area contributed by atoms with Gasteiger partial charge in [0.25, 0.3) is 0 Å². The molecular weight excluding hydrogens is 224 g/mol.